The normalized spacial score (nSPS) is 29.4. The predicted molar refractivity (Wildman–Crippen MR) is 248 cm³/mol. The van der Waals surface area contributed by atoms with Crippen molar-refractivity contribution in [2.75, 3.05) is 6.61 Å². The highest BCUT2D eigenvalue weighted by Crippen LogP contribution is 2.65. The van der Waals surface area contributed by atoms with Crippen molar-refractivity contribution in [2.45, 2.75) is 129 Å². The van der Waals surface area contributed by atoms with Crippen LogP contribution in [-0.4, -0.2) is 117 Å². The van der Waals surface area contributed by atoms with Crippen molar-refractivity contribution in [3.05, 3.63) is 119 Å². The number of hydrogen-bond acceptors (Lipinski definition) is 16. The maximum Gasteiger partial charge on any atom is 0.338 e. The number of aliphatic hydroxyl groups is 2. The molecule has 1 saturated heterocycles. The third-order valence-corrected chi connectivity index (χ3v) is 14.9. The summed E-state index contributed by atoms with van der Waals surface area (Å²) in [5.74, 6) is -9.82. The van der Waals surface area contributed by atoms with Gasteiger partial charge in [-0.25, -0.2) is 9.59 Å². The summed E-state index contributed by atoms with van der Waals surface area (Å²) in [6, 6.07) is 22.5. The second-order valence-electron chi connectivity index (χ2n) is 20.2. The first-order valence-electron chi connectivity index (χ1n) is 23.2. The highest BCUT2D eigenvalue weighted by atomic mass is 16.6. The van der Waals surface area contributed by atoms with Crippen LogP contribution in [0.3, 0.4) is 0 Å². The minimum Gasteiger partial charge on any atom is -0.481 e. The van der Waals surface area contributed by atoms with Crippen molar-refractivity contribution in [1.82, 2.24) is 5.32 Å². The first kappa shape index (κ1) is 52.1. The molecule has 2 unspecified atom stereocenters. The topological polar surface area (TPSA) is 265 Å². The molecule has 0 spiro atoms. The molecular weight excluding hydrogens is 923 g/mol. The van der Waals surface area contributed by atoms with E-state index in [-0.39, 0.29) is 28.7 Å². The highest BCUT2D eigenvalue weighted by Gasteiger charge is 2.79. The Morgan fingerprint density at radius 2 is 1.39 bits per heavy atom. The molecule has 18 heteroatoms. The number of hydrogen-bond donors (Lipinski definition) is 4. The lowest BCUT2D eigenvalue weighted by atomic mass is 9.44. The van der Waals surface area contributed by atoms with Crippen LogP contribution in [0.4, 0.5) is 0 Å². The summed E-state index contributed by atoms with van der Waals surface area (Å²) < 4.78 is 36.9. The first-order chi connectivity index (χ1) is 33.3. The van der Waals surface area contributed by atoms with Gasteiger partial charge >= 0.3 is 35.8 Å². The molecule has 3 aromatic carbocycles. The van der Waals surface area contributed by atoms with Crippen LogP contribution in [0.1, 0.15) is 107 Å². The number of Topliss-reactive ketones (excluding diaryl/α,β-unsaturated/α-hetero) is 1. The van der Waals surface area contributed by atoms with Gasteiger partial charge in [0.1, 0.15) is 30.0 Å². The van der Waals surface area contributed by atoms with Gasteiger partial charge in [-0.05, 0) is 68.7 Å². The monoisotopic (exact) mass is 981 g/mol. The molecule has 7 rings (SSSR count). The molecule has 1 aliphatic heterocycles. The predicted octanol–water partition coefficient (Wildman–Crippen LogP) is 4.79. The number of aliphatic carboxylic acids is 1. The SMILES string of the molecule is CC(=O)O[C@H]1C(=O)[C@@]2(C)C(C(OC(=O)c3ccccc3)[C@]3(O)C[C@H](OC(=O)[C@H](O)[C@@H](NC(=O)c4ccccc4)c4ccccc4)C(C)=C1C3(C)C)[C@]1(OC(C)=O)CO[C@@H]1C[C@@H]2OC(=O)CC(C)(C)C(=O)O. The van der Waals surface area contributed by atoms with Gasteiger partial charge in [0.05, 0.1) is 41.4 Å². The lowest BCUT2D eigenvalue weighted by Gasteiger charge is -2.67. The number of benzene rings is 3. The molecule has 18 nitrogen and oxygen atoms in total. The molecule has 2 bridgehead atoms. The Kier molecular flexibility index (Phi) is 14.3. The molecular formula is C53H59NO17. The average molecular weight is 982 g/mol. The van der Waals surface area contributed by atoms with Crippen LogP contribution >= 0.6 is 0 Å². The molecule has 2 saturated carbocycles. The Balaban J connectivity index is 1.43. The van der Waals surface area contributed by atoms with Gasteiger partial charge in [-0.15, -0.1) is 0 Å². The van der Waals surface area contributed by atoms with E-state index in [1.165, 1.54) is 53.7 Å². The molecule has 71 heavy (non-hydrogen) atoms. The smallest absolute Gasteiger partial charge is 0.338 e. The number of fused-ring (bicyclic) bond motifs is 5. The Morgan fingerprint density at radius 3 is 1.93 bits per heavy atom. The molecule has 3 aliphatic carbocycles. The van der Waals surface area contributed by atoms with Crippen molar-refractivity contribution < 1.29 is 82.1 Å². The van der Waals surface area contributed by atoms with Gasteiger partial charge in [0.25, 0.3) is 5.91 Å². The number of ketones is 1. The van der Waals surface area contributed by atoms with E-state index >= 15 is 4.79 Å². The largest absolute Gasteiger partial charge is 0.481 e. The molecule has 3 fully saturated rings. The molecule has 3 aromatic rings. The summed E-state index contributed by atoms with van der Waals surface area (Å²) in [7, 11) is 0. The summed E-state index contributed by atoms with van der Waals surface area (Å²) in [6.07, 6.45) is -12.1. The fourth-order valence-corrected chi connectivity index (χ4v) is 11.0. The Hall–Kier alpha value is -6.76. The van der Waals surface area contributed by atoms with E-state index in [2.05, 4.69) is 5.32 Å². The van der Waals surface area contributed by atoms with E-state index < -0.39 is 143 Å². The summed E-state index contributed by atoms with van der Waals surface area (Å²) >= 11 is 0. The number of carbonyl (C=O) groups excluding carboxylic acids is 7. The Bertz CT molecular complexity index is 2630. The van der Waals surface area contributed by atoms with Crippen molar-refractivity contribution in [3.8, 4) is 0 Å². The molecule has 0 radical (unpaired) electrons. The molecule has 4 aliphatic rings. The van der Waals surface area contributed by atoms with Crippen molar-refractivity contribution >= 4 is 47.5 Å². The lowest BCUT2D eigenvalue weighted by Crippen LogP contribution is -2.82. The number of rotatable bonds is 14. The van der Waals surface area contributed by atoms with Gasteiger partial charge in [0, 0.05) is 37.7 Å². The Morgan fingerprint density at radius 1 is 0.817 bits per heavy atom. The zero-order valence-electron chi connectivity index (χ0n) is 40.7. The van der Waals surface area contributed by atoms with Crippen molar-refractivity contribution in [3.63, 3.8) is 0 Å². The maximum atomic E-state index is 16.1. The van der Waals surface area contributed by atoms with Crippen LogP contribution < -0.4 is 5.32 Å². The summed E-state index contributed by atoms with van der Waals surface area (Å²) in [6.45, 7) is 10.2. The number of ether oxygens (including phenoxy) is 6. The molecule has 378 valence electrons. The fourth-order valence-electron chi connectivity index (χ4n) is 11.0. The van der Waals surface area contributed by atoms with E-state index in [0.717, 1.165) is 13.8 Å². The molecule has 1 heterocycles. The van der Waals surface area contributed by atoms with Gasteiger partial charge < -0.3 is 49.1 Å². The number of carboxylic acid groups (broad SMARTS) is 1. The van der Waals surface area contributed by atoms with E-state index in [1.54, 1.807) is 78.9 Å². The number of aliphatic hydroxyl groups excluding tert-OH is 1. The third-order valence-electron chi connectivity index (χ3n) is 14.9. The van der Waals surface area contributed by atoms with Crippen LogP contribution in [0, 0.1) is 22.2 Å². The lowest BCUT2D eigenvalue weighted by molar-refractivity contribution is -0.346. The van der Waals surface area contributed by atoms with Crippen LogP contribution in [-0.2, 0) is 57.2 Å². The number of nitrogens with one attached hydrogen (secondary N) is 1. The van der Waals surface area contributed by atoms with Crippen LogP contribution in [0.2, 0.25) is 0 Å². The number of esters is 5. The third kappa shape index (κ3) is 9.35. The summed E-state index contributed by atoms with van der Waals surface area (Å²) in [5, 5.41) is 38.5. The second-order valence-corrected chi connectivity index (χ2v) is 20.2. The van der Waals surface area contributed by atoms with E-state index in [1.807, 2.05) is 0 Å². The van der Waals surface area contributed by atoms with E-state index in [0.29, 0.717) is 5.56 Å². The number of amides is 1. The molecule has 4 N–H and O–H groups in total. The second kappa shape index (κ2) is 19.4. The molecule has 1 amide bonds. The van der Waals surface area contributed by atoms with E-state index in [4.69, 9.17) is 28.4 Å². The van der Waals surface area contributed by atoms with E-state index in [9.17, 15) is 48.9 Å². The van der Waals surface area contributed by atoms with Crippen LogP contribution in [0.25, 0.3) is 0 Å². The van der Waals surface area contributed by atoms with Gasteiger partial charge in [-0.2, -0.15) is 0 Å². The summed E-state index contributed by atoms with van der Waals surface area (Å²) in [5.41, 5.74) is -9.59. The van der Waals surface area contributed by atoms with Gasteiger partial charge in [-0.3, -0.25) is 28.8 Å². The highest BCUT2D eigenvalue weighted by molar-refractivity contribution is 5.97. The van der Waals surface area contributed by atoms with Crippen LogP contribution in [0.5, 0.6) is 0 Å². The quantitative estimate of drug-likeness (QED) is 0.0961. The minimum absolute atomic E-state index is 0.00206. The van der Waals surface area contributed by atoms with Gasteiger partial charge in [0.2, 0.25) is 0 Å². The van der Waals surface area contributed by atoms with Crippen molar-refractivity contribution in [2.24, 2.45) is 22.2 Å². The Labute approximate surface area is 410 Å². The zero-order chi connectivity index (χ0) is 52.0. The number of carbonyl (C=O) groups is 8. The van der Waals surface area contributed by atoms with Gasteiger partial charge in [0.15, 0.2) is 23.6 Å². The molecule has 11 atom stereocenters. The zero-order valence-corrected chi connectivity index (χ0v) is 40.7. The number of carboxylic acids is 1. The standard InChI is InChI=1S/C53H59NO17/c1-28-34(68-47(62)40(58)39(31-18-12-9-13-19-31)54-45(60)32-20-14-10-15-21-32)25-53(65)44(70-46(61)33-22-16-11-17-23-33)42-51(8,43(59)41(67-29(2)55)38(28)50(53,6)7)35(69-37(57)26-49(4,5)48(63)64)24-36-52(42,27-66-36)71-30(3)56/h9-23,34-36,39-42,44,58,65H,24-27H2,1-8H3,(H,54,60)(H,63,64)/t34-,35-,36+,39-,40+,41+,42?,44?,51+,52-,53+/m0/s1. The van der Waals surface area contributed by atoms with Gasteiger partial charge in [-0.1, -0.05) is 80.6 Å². The molecule has 0 aromatic heterocycles. The van der Waals surface area contributed by atoms with Crippen molar-refractivity contribution in [1.29, 1.82) is 0 Å². The first-order valence-corrected chi connectivity index (χ1v) is 23.2. The summed E-state index contributed by atoms with van der Waals surface area (Å²) in [4.78, 5) is 111. The minimum atomic E-state index is -2.53. The van der Waals surface area contributed by atoms with Crippen LogP contribution in [0.15, 0.2) is 102 Å². The maximum absolute atomic E-state index is 16.1. The fraction of sp³-hybridized carbons (Fsp3) is 0.472. The average Bonchev–Trinajstić information content (AvgIpc) is 3.31.